The van der Waals surface area contributed by atoms with Gasteiger partial charge in [0.1, 0.15) is 5.75 Å². The van der Waals surface area contributed by atoms with Crippen molar-refractivity contribution < 1.29 is 17.6 Å². The van der Waals surface area contributed by atoms with Crippen LogP contribution in [0.25, 0.3) is 11.5 Å². The molecule has 26 heavy (non-hydrogen) atoms. The predicted molar refractivity (Wildman–Crippen MR) is 96.9 cm³/mol. The van der Waals surface area contributed by atoms with Crippen LogP contribution in [0.3, 0.4) is 0 Å². The lowest BCUT2D eigenvalue weighted by Gasteiger charge is -2.07. The maximum Gasteiger partial charge on any atom is 0.251 e. The van der Waals surface area contributed by atoms with Crippen LogP contribution >= 0.6 is 0 Å². The highest BCUT2D eigenvalue weighted by atomic mass is 32.2. The Bertz CT molecular complexity index is 999. The second-order valence-electron chi connectivity index (χ2n) is 5.71. The van der Waals surface area contributed by atoms with E-state index >= 15 is 0 Å². The van der Waals surface area contributed by atoms with Crippen molar-refractivity contribution in [1.29, 1.82) is 0 Å². The van der Waals surface area contributed by atoms with Gasteiger partial charge >= 0.3 is 0 Å². The fraction of sp³-hybridized carbons (Fsp3) is 0.222. The molecular formula is C18H19N3O4S. The van der Waals surface area contributed by atoms with E-state index in [1.165, 1.54) is 0 Å². The SMILES string of the molecule is COc1ccccc1-c1nnc(CNS(=O)(=O)Cc2ccccc2C)o1. The summed E-state index contributed by atoms with van der Waals surface area (Å²) in [7, 11) is -1.97. The highest BCUT2D eigenvalue weighted by molar-refractivity contribution is 7.88. The van der Waals surface area contributed by atoms with Crippen molar-refractivity contribution in [3.63, 3.8) is 0 Å². The van der Waals surface area contributed by atoms with Crippen molar-refractivity contribution in [2.45, 2.75) is 19.2 Å². The van der Waals surface area contributed by atoms with E-state index < -0.39 is 10.0 Å². The summed E-state index contributed by atoms with van der Waals surface area (Å²) in [6.07, 6.45) is 0. The minimum Gasteiger partial charge on any atom is -0.496 e. The Morgan fingerprint density at radius 3 is 2.58 bits per heavy atom. The molecule has 0 unspecified atom stereocenters. The van der Waals surface area contributed by atoms with Gasteiger partial charge in [0.2, 0.25) is 15.9 Å². The maximum atomic E-state index is 12.3. The third-order valence-electron chi connectivity index (χ3n) is 3.85. The van der Waals surface area contributed by atoms with Crippen LogP contribution in [0.15, 0.2) is 52.9 Å². The molecule has 0 fully saturated rings. The van der Waals surface area contributed by atoms with Crippen LogP contribution in [0.5, 0.6) is 5.75 Å². The van der Waals surface area contributed by atoms with Crippen molar-refractivity contribution in [1.82, 2.24) is 14.9 Å². The number of methoxy groups -OCH3 is 1. The number of ether oxygens (including phenoxy) is 1. The first-order chi connectivity index (χ1) is 12.5. The van der Waals surface area contributed by atoms with Gasteiger partial charge in [-0.15, -0.1) is 10.2 Å². The van der Waals surface area contributed by atoms with Gasteiger partial charge in [0.05, 0.1) is 25.0 Å². The van der Waals surface area contributed by atoms with Crippen molar-refractivity contribution in [3.8, 4) is 17.2 Å². The predicted octanol–water partition coefficient (Wildman–Crippen LogP) is 2.67. The second kappa shape index (κ2) is 7.67. The van der Waals surface area contributed by atoms with Gasteiger partial charge in [-0.25, -0.2) is 13.1 Å². The highest BCUT2D eigenvalue weighted by Gasteiger charge is 2.16. The van der Waals surface area contributed by atoms with Crippen molar-refractivity contribution in [2.24, 2.45) is 0 Å². The quantitative estimate of drug-likeness (QED) is 0.684. The number of aryl methyl sites for hydroxylation is 1. The number of para-hydroxylation sites is 1. The second-order valence-corrected chi connectivity index (χ2v) is 7.51. The standard InChI is InChI=1S/C18H19N3O4S/c1-13-7-3-4-8-14(13)12-26(22,23)19-11-17-20-21-18(25-17)15-9-5-6-10-16(15)24-2/h3-10,19H,11-12H2,1-2H3. The zero-order chi connectivity index (χ0) is 18.6. The smallest absolute Gasteiger partial charge is 0.251 e. The van der Waals surface area contributed by atoms with Gasteiger partial charge < -0.3 is 9.15 Å². The van der Waals surface area contributed by atoms with E-state index in [2.05, 4.69) is 14.9 Å². The molecule has 8 heteroatoms. The topological polar surface area (TPSA) is 94.3 Å². The van der Waals surface area contributed by atoms with Crippen molar-refractivity contribution in [3.05, 3.63) is 65.5 Å². The van der Waals surface area contributed by atoms with Crippen LogP contribution in [0, 0.1) is 6.92 Å². The van der Waals surface area contributed by atoms with E-state index in [0.717, 1.165) is 11.1 Å². The summed E-state index contributed by atoms with van der Waals surface area (Å²) in [4.78, 5) is 0. The number of hydrogen-bond acceptors (Lipinski definition) is 6. The van der Waals surface area contributed by atoms with Gasteiger partial charge in [-0.1, -0.05) is 36.4 Å². The summed E-state index contributed by atoms with van der Waals surface area (Å²) in [5.41, 5.74) is 2.32. The van der Waals surface area contributed by atoms with E-state index in [0.29, 0.717) is 11.3 Å². The molecule has 3 rings (SSSR count). The Balaban J connectivity index is 1.69. The summed E-state index contributed by atoms with van der Waals surface area (Å²) < 4.78 is 37.9. The molecule has 3 aromatic rings. The van der Waals surface area contributed by atoms with E-state index in [1.807, 2.05) is 37.3 Å². The molecule has 1 aromatic heterocycles. The Morgan fingerprint density at radius 2 is 1.81 bits per heavy atom. The zero-order valence-electron chi connectivity index (χ0n) is 14.5. The van der Waals surface area contributed by atoms with Crippen molar-refractivity contribution >= 4 is 10.0 Å². The molecular weight excluding hydrogens is 354 g/mol. The first-order valence-electron chi connectivity index (χ1n) is 7.96. The highest BCUT2D eigenvalue weighted by Crippen LogP contribution is 2.28. The maximum absolute atomic E-state index is 12.3. The molecule has 0 spiro atoms. The van der Waals surface area contributed by atoms with Gasteiger partial charge in [-0.2, -0.15) is 0 Å². The number of nitrogens with zero attached hydrogens (tertiary/aromatic N) is 2. The van der Waals surface area contributed by atoms with Crippen molar-refractivity contribution in [2.75, 3.05) is 7.11 Å². The number of hydrogen-bond donors (Lipinski definition) is 1. The molecule has 0 aliphatic heterocycles. The lowest BCUT2D eigenvalue weighted by molar-refractivity contribution is 0.413. The Morgan fingerprint density at radius 1 is 1.08 bits per heavy atom. The Labute approximate surface area is 152 Å². The van der Waals surface area contributed by atoms with Crippen LogP contribution in [-0.2, 0) is 22.3 Å². The molecule has 1 heterocycles. The molecule has 0 saturated heterocycles. The Kier molecular flexibility index (Phi) is 5.34. The van der Waals surface area contributed by atoms with E-state index in [4.69, 9.17) is 9.15 Å². The minimum absolute atomic E-state index is 0.0731. The number of benzene rings is 2. The molecule has 0 saturated carbocycles. The minimum atomic E-state index is -3.53. The van der Waals surface area contributed by atoms with E-state index in [-0.39, 0.29) is 24.1 Å². The fourth-order valence-corrected chi connectivity index (χ4v) is 3.63. The number of rotatable bonds is 7. The largest absolute Gasteiger partial charge is 0.496 e. The molecule has 0 atom stereocenters. The first-order valence-corrected chi connectivity index (χ1v) is 9.61. The molecule has 0 bridgehead atoms. The zero-order valence-corrected chi connectivity index (χ0v) is 15.3. The van der Waals surface area contributed by atoms with Crippen LogP contribution in [-0.4, -0.2) is 25.7 Å². The Hall–Kier alpha value is -2.71. The van der Waals surface area contributed by atoms with E-state index in [9.17, 15) is 8.42 Å². The van der Waals surface area contributed by atoms with Crippen LogP contribution in [0.2, 0.25) is 0 Å². The third kappa shape index (κ3) is 4.27. The average molecular weight is 373 g/mol. The van der Waals surface area contributed by atoms with Gasteiger partial charge in [-0.3, -0.25) is 0 Å². The lowest BCUT2D eigenvalue weighted by atomic mass is 10.1. The molecule has 7 nitrogen and oxygen atoms in total. The summed E-state index contributed by atoms with van der Waals surface area (Å²) in [5, 5.41) is 7.86. The van der Waals surface area contributed by atoms with Crippen LogP contribution < -0.4 is 9.46 Å². The average Bonchev–Trinajstić information content (AvgIpc) is 3.11. The van der Waals surface area contributed by atoms with Gasteiger partial charge in [0.25, 0.3) is 5.89 Å². The number of sulfonamides is 1. The molecule has 2 aromatic carbocycles. The van der Waals surface area contributed by atoms with Gasteiger partial charge in [-0.05, 0) is 30.2 Å². The monoisotopic (exact) mass is 373 g/mol. The third-order valence-corrected chi connectivity index (χ3v) is 5.13. The summed E-state index contributed by atoms with van der Waals surface area (Å²) in [6.45, 7) is 1.80. The summed E-state index contributed by atoms with van der Waals surface area (Å²) in [5.74, 6) is 0.949. The molecule has 136 valence electrons. The first kappa shape index (κ1) is 18.1. The number of aromatic nitrogens is 2. The van der Waals surface area contributed by atoms with Gasteiger partial charge in [0, 0.05) is 0 Å². The lowest BCUT2D eigenvalue weighted by Crippen LogP contribution is -2.25. The fourth-order valence-electron chi connectivity index (χ4n) is 2.45. The van der Waals surface area contributed by atoms with Gasteiger partial charge in [0.15, 0.2) is 0 Å². The summed E-state index contributed by atoms with van der Waals surface area (Å²) >= 11 is 0. The summed E-state index contributed by atoms with van der Waals surface area (Å²) in [6, 6.07) is 14.6. The van der Waals surface area contributed by atoms with Crippen LogP contribution in [0.1, 0.15) is 17.0 Å². The molecule has 0 aliphatic carbocycles. The number of nitrogens with one attached hydrogen (secondary N) is 1. The molecule has 0 aliphatic rings. The molecule has 0 radical (unpaired) electrons. The van der Waals surface area contributed by atoms with Crippen LogP contribution in [0.4, 0.5) is 0 Å². The molecule has 1 N–H and O–H groups in total. The molecule has 0 amide bonds. The normalized spacial score (nSPS) is 11.5. The van der Waals surface area contributed by atoms with E-state index in [1.54, 1.807) is 25.3 Å².